The Hall–Kier alpha value is -2.43. The van der Waals surface area contributed by atoms with Gasteiger partial charge in [-0.15, -0.1) is 0 Å². The van der Waals surface area contributed by atoms with Gasteiger partial charge in [0.2, 0.25) is 0 Å². The summed E-state index contributed by atoms with van der Waals surface area (Å²) in [6.45, 7) is 0.453. The molecule has 0 radical (unpaired) electrons. The molecule has 0 spiro atoms. The number of nitrogens with two attached hydrogens (primary N) is 1. The predicted octanol–water partition coefficient (Wildman–Crippen LogP) is 2.62. The highest BCUT2D eigenvalue weighted by Gasteiger charge is 2.26. The van der Waals surface area contributed by atoms with Gasteiger partial charge in [0.05, 0.1) is 5.56 Å². The average Bonchev–Trinajstić information content (AvgIpc) is 2.43. The third-order valence-electron chi connectivity index (χ3n) is 3.81. The number of carbonyl (C=O) groups excluding carboxylic acids is 1. The summed E-state index contributed by atoms with van der Waals surface area (Å²) in [5, 5.41) is 2.72. The third-order valence-corrected chi connectivity index (χ3v) is 3.81. The van der Waals surface area contributed by atoms with E-state index in [1.807, 2.05) is 18.2 Å². The molecule has 0 saturated heterocycles. The Labute approximate surface area is 120 Å². The number of anilines is 1. The third kappa shape index (κ3) is 2.46. The molecule has 0 fully saturated rings. The number of hydrogen-bond donors (Lipinski definition) is 2. The number of rotatable bonds is 3. The van der Waals surface area contributed by atoms with E-state index in [1.54, 1.807) is 0 Å². The van der Waals surface area contributed by atoms with Crippen LogP contribution in [0, 0.1) is 11.6 Å². The fraction of sp³-hybridized carbons (Fsp3) is 0.188. The number of halogens is 2. The second-order valence-corrected chi connectivity index (χ2v) is 5.16. The second kappa shape index (κ2) is 5.16. The minimum Gasteiger partial charge on any atom is -0.398 e. The highest BCUT2D eigenvalue weighted by atomic mass is 19.2. The number of benzene rings is 2. The highest BCUT2D eigenvalue weighted by Crippen LogP contribution is 2.34. The van der Waals surface area contributed by atoms with Gasteiger partial charge in [0.25, 0.3) is 5.91 Å². The molecule has 1 aliphatic rings. The quantitative estimate of drug-likeness (QED) is 0.853. The molecule has 108 valence electrons. The summed E-state index contributed by atoms with van der Waals surface area (Å²) in [6.07, 6.45) is 0.906. The lowest BCUT2D eigenvalue weighted by molar-refractivity contribution is 0.0950. The molecular formula is C16H14F2N2O. The van der Waals surface area contributed by atoms with Gasteiger partial charge < -0.3 is 11.1 Å². The van der Waals surface area contributed by atoms with Crippen molar-refractivity contribution in [3.63, 3.8) is 0 Å². The fourth-order valence-electron chi connectivity index (χ4n) is 2.61. The van der Waals surface area contributed by atoms with E-state index in [-0.39, 0.29) is 17.2 Å². The molecule has 3 N–H and O–H groups in total. The van der Waals surface area contributed by atoms with Crippen LogP contribution in [-0.2, 0) is 6.42 Å². The predicted molar refractivity (Wildman–Crippen MR) is 76.0 cm³/mol. The maximum Gasteiger partial charge on any atom is 0.253 e. The number of nitrogens with one attached hydrogen (secondary N) is 1. The first kappa shape index (κ1) is 13.5. The first-order valence-corrected chi connectivity index (χ1v) is 6.67. The SMILES string of the molecule is Nc1cc(F)c(F)cc1C(=O)NCC1Cc2ccccc21. The number of nitrogen functional groups attached to an aromatic ring is 1. The van der Waals surface area contributed by atoms with E-state index in [9.17, 15) is 13.6 Å². The van der Waals surface area contributed by atoms with Crippen molar-refractivity contribution in [1.29, 1.82) is 0 Å². The smallest absolute Gasteiger partial charge is 0.253 e. The van der Waals surface area contributed by atoms with Gasteiger partial charge in [-0.25, -0.2) is 8.78 Å². The monoisotopic (exact) mass is 288 g/mol. The fourth-order valence-corrected chi connectivity index (χ4v) is 2.61. The molecule has 21 heavy (non-hydrogen) atoms. The maximum atomic E-state index is 13.2. The summed E-state index contributed by atoms with van der Waals surface area (Å²) in [4.78, 5) is 12.0. The number of fused-ring (bicyclic) bond motifs is 1. The van der Waals surface area contributed by atoms with Crippen LogP contribution >= 0.6 is 0 Å². The normalized spacial score (nSPS) is 16.0. The molecule has 5 heteroatoms. The van der Waals surface area contributed by atoms with Crippen molar-refractivity contribution >= 4 is 11.6 Å². The minimum atomic E-state index is -1.08. The van der Waals surface area contributed by atoms with Gasteiger partial charge in [0, 0.05) is 24.2 Å². The zero-order chi connectivity index (χ0) is 15.0. The number of carbonyl (C=O) groups is 1. The summed E-state index contributed by atoms with van der Waals surface area (Å²) < 4.78 is 26.2. The highest BCUT2D eigenvalue weighted by molar-refractivity contribution is 5.99. The van der Waals surface area contributed by atoms with Crippen molar-refractivity contribution in [1.82, 2.24) is 5.32 Å². The Morgan fingerprint density at radius 3 is 2.71 bits per heavy atom. The summed E-state index contributed by atoms with van der Waals surface area (Å²) in [6, 6.07) is 9.68. The molecule has 1 amide bonds. The Bertz CT molecular complexity index is 715. The van der Waals surface area contributed by atoms with Crippen LogP contribution in [0.2, 0.25) is 0 Å². The average molecular weight is 288 g/mol. The molecule has 0 heterocycles. The van der Waals surface area contributed by atoms with Crippen molar-refractivity contribution in [2.75, 3.05) is 12.3 Å². The lowest BCUT2D eigenvalue weighted by Crippen LogP contribution is -2.33. The summed E-state index contributed by atoms with van der Waals surface area (Å²) in [7, 11) is 0. The van der Waals surface area contributed by atoms with Crippen molar-refractivity contribution in [3.05, 3.63) is 64.7 Å². The van der Waals surface area contributed by atoms with E-state index in [0.717, 1.165) is 18.6 Å². The van der Waals surface area contributed by atoms with Crippen LogP contribution in [-0.4, -0.2) is 12.5 Å². The number of hydrogen-bond acceptors (Lipinski definition) is 2. The molecule has 1 atom stereocenters. The van der Waals surface area contributed by atoms with Crippen molar-refractivity contribution in [2.45, 2.75) is 12.3 Å². The lowest BCUT2D eigenvalue weighted by atomic mass is 9.77. The Morgan fingerprint density at radius 2 is 1.95 bits per heavy atom. The lowest BCUT2D eigenvalue weighted by Gasteiger charge is -2.30. The Kier molecular flexibility index (Phi) is 3.33. The van der Waals surface area contributed by atoms with Gasteiger partial charge in [-0.3, -0.25) is 4.79 Å². The van der Waals surface area contributed by atoms with Gasteiger partial charge in [0.15, 0.2) is 11.6 Å². The van der Waals surface area contributed by atoms with E-state index >= 15 is 0 Å². The molecule has 0 aromatic heterocycles. The van der Waals surface area contributed by atoms with Crippen LogP contribution in [0.4, 0.5) is 14.5 Å². The standard InChI is InChI=1S/C16H14F2N2O/c17-13-6-12(15(19)7-14(13)18)16(21)20-8-10-5-9-3-1-2-4-11(9)10/h1-4,6-7,10H,5,8,19H2,(H,20,21). The molecule has 2 aromatic rings. The van der Waals surface area contributed by atoms with E-state index in [1.165, 1.54) is 11.1 Å². The van der Waals surface area contributed by atoms with Crippen molar-refractivity contribution in [2.24, 2.45) is 0 Å². The molecule has 1 unspecified atom stereocenters. The molecule has 0 bridgehead atoms. The molecule has 0 aliphatic heterocycles. The topological polar surface area (TPSA) is 55.1 Å². The molecule has 0 saturated carbocycles. The van der Waals surface area contributed by atoms with Crippen LogP contribution in [0.1, 0.15) is 27.4 Å². The molecular weight excluding hydrogens is 274 g/mol. The minimum absolute atomic E-state index is 0.0403. The van der Waals surface area contributed by atoms with E-state index in [4.69, 9.17) is 5.73 Å². The molecule has 3 rings (SSSR count). The van der Waals surface area contributed by atoms with E-state index < -0.39 is 17.5 Å². The second-order valence-electron chi connectivity index (χ2n) is 5.16. The summed E-state index contributed by atoms with van der Waals surface area (Å²) >= 11 is 0. The molecule has 3 nitrogen and oxygen atoms in total. The Morgan fingerprint density at radius 1 is 1.24 bits per heavy atom. The van der Waals surface area contributed by atoms with Gasteiger partial charge in [-0.1, -0.05) is 24.3 Å². The van der Waals surface area contributed by atoms with Crippen molar-refractivity contribution in [3.8, 4) is 0 Å². The maximum absolute atomic E-state index is 13.2. The van der Waals surface area contributed by atoms with Crippen molar-refractivity contribution < 1.29 is 13.6 Å². The van der Waals surface area contributed by atoms with Gasteiger partial charge in [-0.05, 0) is 23.6 Å². The van der Waals surface area contributed by atoms with Crippen LogP contribution in [0.3, 0.4) is 0 Å². The first-order chi connectivity index (χ1) is 10.1. The number of amides is 1. The van der Waals surface area contributed by atoms with Gasteiger partial charge >= 0.3 is 0 Å². The Balaban J connectivity index is 1.67. The van der Waals surface area contributed by atoms with Gasteiger partial charge in [-0.2, -0.15) is 0 Å². The summed E-state index contributed by atoms with van der Waals surface area (Å²) in [5.41, 5.74) is 7.94. The molecule has 1 aliphatic carbocycles. The first-order valence-electron chi connectivity index (χ1n) is 6.67. The largest absolute Gasteiger partial charge is 0.398 e. The van der Waals surface area contributed by atoms with E-state index in [0.29, 0.717) is 6.54 Å². The van der Waals surface area contributed by atoms with Crippen LogP contribution < -0.4 is 11.1 Å². The molecule has 2 aromatic carbocycles. The summed E-state index contributed by atoms with van der Waals surface area (Å²) in [5.74, 6) is -2.37. The van der Waals surface area contributed by atoms with Crippen LogP contribution in [0.25, 0.3) is 0 Å². The zero-order valence-electron chi connectivity index (χ0n) is 11.2. The zero-order valence-corrected chi connectivity index (χ0v) is 11.2. The van der Waals surface area contributed by atoms with E-state index in [2.05, 4.69) is 11.4 Å². The van der Waals surface area contributed by atoms with Gasteiger partial charge in [0.1, 0.15) is 0 Å². The van der Waals surface area contributed by atoms with Crippen LogP contribution in [0.5, 0.6) is 0 Å². The van der Waals surface area contributed by atoms with Crippen LogP contribution in [0.15, 0.2) is 36.4 Å².